The Kier molecular flexibility index (Phi) is 5.40. The minimum absolute atomic E-state index is 0.00762. The summed E-state index contributed by atoms with van der Waals surface area (Å²) < 4.78 is 44.7. The van der Waals surface area contributed by atoms with E-state index >= 15 is 0 Å². The molecule has 0 aromatic heterocycles. The van der Waals surface area contributed by atoms with Crippen LogP contribution in [0.3, 0.4) is 0 Å². The summed E-state index contributed by atoms with van der Waals surface area (Å²) in [6.45, 7) is 0.266. The third-order valence-electron chi connectivity index (χ3n) is 7.26. The van der Waals surface area contributed by atoms with Crippen LogP contribution in [0.15, 0.2) is 70.5 Å². The predicted molar refractivity (Wildman–Crippen MR) is 118 cm³/mol. The van der Waals surface area contributed by atoms with E-state index in [0.717, 1.165) is 41.1 Å². The molecule has 5 rings (SSSR count). The molecule has 174 valence electrons. The Labute approximate surface area is 191 Å². The Morgan fingerprint density at radius 2 is 2.06 bits per heavy atom. The number of hydrogen-bond acceptors (Lipinski definition) is 5. The number of alkyl halides is 3. The van der Waals surface area contributed by atoms with Crippen molar-refractivity contribution in [3.63, 3.8) is 0 Å². The molecule has 33 heavy (non-hydrogen) atoms. The van der Waals surface area contributed by atoms with E-state index in [-0.39, 0.29) is 25.4 Å². The lowest BCUT2D eigenvalue weighted by atomic mass is 9.89. The van der Waals surface area contributed by atoms with E-state index in [2.05, 4.69) is 27.7 Å². The maximum absolute atomic E-state index is 13.1. The molecule has 0 aromatic carbocycles. The molecule has 2 saturated carbocycles. The topological polar surface area (TPSA) is 60.3 Å². The number of dihydropyridines is 1. The fourth-order valence-electron chi connectivity index (χ4n) is 4.93. The van der Waals surface area contributed by atoms with Crippen LogP contribution < -0.4 is 10.6 Å². The maximum atomic E-state index is 13.1. The minimum Gasteiger partial charge on any atom is -0.497 e. The number of nitrogens with one attached hydrogen (secondary N) is 2. The lowest BCUT2D eigenvalue weighted by Gasteiger charge is -2.42. The molecule has 1 unspecified atom stereocenters. The van der Waals surface area contributed by atoms with Gasteiger partial charge in [-0.3, -0.25) is 0 Å². The highest BCUT2D eigenvalue weighted by Gasteiger charge is 2.62. The molecule has 0 aromatic rings. The highest BCUT2D eigenvalue weighted by atomic mass is 19.4. The largest absolute Gasteiger partial charge is 0.497 e. The lowest BCUT2D eigenvalue weighted by molar-refractivity contribution is -0.165. The smallest absolute Gasteiger partial charge is 0.406 e. The molecule has 2 fully saturated rings. The average Bonchev–Trinajstić information content (AvgIpc) is 3.50. The Bertz CT molecular complexity index is 1060. The van der Waals surface area contributed by atoms with Crippen LogP contribution in [0.5, 0.6) is 0 Å². The van der Waals surface area contributed by atoms with Gasteiger partial charge in [-0.05, 0) is 62.3 Å². The average molecular weight is 457 g/mol. The first kappa shape index (κ1) is 21.9. The van der Waals surface area contributed by atoms with Crippen LogP contribution in [0, 0.1) is 11.3 Å². The molecular weight excluding hydrogens is 429 g/mol. The first-order valence-electron chi connectivity index (χ1n) is 11.4. The van der Waals surface area contributed by atoms with Gasteiger partial charge < -0.3 is 20.3 Å². The van der Waals surface area contributed by atoms with Gasteiger partial charge in [0.1, 0.15) is 17.4 Å². The van der Waals surface area contributed by atoms with Crippen LogP contribution in [0.25, 0.3) is 0 Å². The van der Waals surface area contributed by atoms with Gasteiger partial charge in [-0.25, -0.2) is 0 Å². The molecular formula is C25H27F3N4O. The number of ether oxygens (including phenoxy) is 1. The summed E-state index contributed by atoms with van der Waals surface area (Å²) in [5.41, 5.74) is 2.54. The van der Waals surface area contributed by atoms with E-state index in [9.17, 15) is 18.4 Å². The van der Waals surface area contributed by atoms with E-state index in [0.29, 0.717) is 18.0 Å². The van der Waals surface area contributed by atoms with Crippen LogP contribution in [0.4, 0.5) is 13.2 Å². The lowest BCUT2D eigenvalue weighted by Crippen LogP contribution is -2.45. The molecule has 2 heterocycles. The van der Waals surface area contributed by atoms with E-state index in [1.165, 1.54) is 6.42 Å². The zero-order valence-corrected chi connectivity index (χ0v) is 18.5. The summed E-state index contributed by atoms with van der Waals surface area (Å²) in [7, 11) is 1.62. The van der Waals surface area contributed by atoms with Crippen molar-refractivity contribution >= 4 is 0 Å². The molecule has 2 N–H and O–H groups in total. The number of methoxy groups -OCH3 is 1. The summed E-state index contributed by atoms with van der Waals surface area (Å²) in [4.78, 5) is 2.34. The zero-order valence-electron chi connectivity index (χ0n) is 18.5. The normalized spacial score (nSPS) is 28.0. The number of hydrogen-bond donors (Lipinski definition) is 2. The van der Waals surface area contributed by atoms with Gasteiger partial charge in [-0.15, -0.1) is 0 Å². The molecule has 5 nitrogen and oxygen atoms in total. The molecule has 2 aliphatic heterocycles. The molecule has 3 aliphatic carbocycles. The molecule has 0 saturated heterocycles. The van der Waals surface area contributed by atoms with Crippen molar-refractivity contribution in [1.82, 2.24) is 15.5 Å². The summed E-state index contributed by atoms with van der Waals surface area (Å²) in [5.74, 6) is 0.725. The predicted octanol–water partition coefficient (Wildman–Crippen LogP) is 4.47. The second-order valence-electron chi connectivity index (χ2n) is 9.20. The molecule has 0 radical (unpaired) electrons. The second kappa shape index (κ2) is 8.14. The second-order valence-corrected chi connectivity index (χ2v) is 9.20. The Balaban J connectivity index is 1.35. The van der Waals surface area contributed by atoms with Crippen LogP contribution in [-0.2, 0) is 4.74 Å². The van der Waals surface area contributed by atoms with Gasteiger partial charge in [0, 0.05) is 24.4 Å². The summed E-state index contributed by atoms with van der Waals surface area (Å²) in [5, 5.41) is 16.1. The molecule has 5 aliphatic rings. The maximum Gasteiger partial charge on any atom is 0.406 e. The van der Waals surface area contributed by atoms with Crippen molar-refractivity contribution < 1.29 is 17.9 Å². The number of nitriles is 1. The van der Waals surface area contributed by atoms with E-state index in [1.807, 2.05) is 30.5 Å². The van der Waals surface area contributed by atoms with Crippen LogP contribution in [0.1, 0.15) is 38.5 Å². The van der Waals surface area contributed by atoms with Crippen molar-refractivity contribution in [2.45, 2.75) is 62.3 Å². The van der Waals surface area contributed by atoms with Crippen molar-refractivity contribution in [3.05, 3.63) is 70.5 Å². The van der Waals surface area contributed by atoms with E-state index in [1.54, 1.807) is 7.11 Å². The van der Waals surface area contributed by atoms with Gasteiger partial charge in [0.25, 0.3) is 0 Å². The number of nitrogens with zero attached hydrogens (tertiary/aromatic N) is 2. The number of halogens is 3. The molecule has 0 bridgehead atoms. The van der Waals surface area contributed by atoms with Crippen LogP contribution in [0.2, 0.25) is 0 Å². The third-order valence-corrected chi connectivity index (χ3v) is 7.26. The summed E-state index contributed by atoms with van der Waals surface area (Å²) in [6, 6.07) is 2.79. The van der Waals surface area contributed by atoms with Gasteiger partial charge in [0.2, 0.25) is 0 Å². The van der Waals surface area contributed by atoms with Gasteiger partial charge in [-0.1, -0.05) is 12.2 Å². The monoisotopic (exact) mass is 456 g/mol. The fraction of sp³-hybridized carbons (Fsp3) is 0.480. The first-order chi connectivity index (χ1) is 15.9. The molecule has 0 amide bonds. The Hall–Kier alpha value is -2.92. The first-order valence-corrected chi connectivity index (χ1v) is 11.4. The molecule has 1 atom stereocenters. The van der Waals surface area contributed by atoms with Crippen LogP contribution in [-0.4, -0.2) is 42.4 Å². The Morgan fingerprint density at radius 1 is 1.27 bits per heavy atom. The fourth-order valence-corrected chi connectivity index (χ4v) is 4.93. The van der Waals surface area contributed by atoms with Gasteiger partial charge >= 0.3 is 6.18 Å². The highest BCUT2D eigenvalue weighted by Crippen LogP contribution is 2.49. The minimum atomic E-state index is -4.20. The van der Waals surface area contributed by atoms with Gasteiger partial charge in [0.15, 0.2) is 0 Å². The molecule has 0 spiro atoms. The van der Waals surface area contributed by atoms with Crippen LogP contribution >= 0.6 is 0 Å². The van der Waals surface area contributed by atoms with Crippen molar-refractivity contribution in [2.75, 3.05) is 13.7 Å². The zero-order chi connectivity index (χ0) is 23.2. The van der Waals surface area contributed by atoms with E-state index < -0.39 is 11.7 Å². The quantitative estimate of drug-likeness (QED) is 0.618. The number of fused-ring (bicyclic) bond motifs is 1. The Morgan fingerprint density at radius 3 is 2.61 bits per heavy atom. The summed E-state index contributed by atoms with van der Waals surface area (Å²) in [6.07, 6.45) is 11.6. The SMILES string of the molecule is COC1=CC2=C(C#N)C(=C3C=CC(CCNC4(C(F)(F)F)CC4)=CN3)N(C3CCC3)C2C=C1. The van der Waals surface area contributed by atoms with Crippen molar-refractivity contribution in [1.29, 1.82) is 5.26 Å². The van der Waals surface area contributed by atoms with Crippen molar-refractivity contribution in [3.8, 4) is 6.07 Å². The number of rotatable bonds is 6. The highest BCUT2D eigenvalue weighted by molar-refractivity contribution is 5.63. The van der Waals surface area contributed by atoms with E-state index in [4.69, 9.17) is 4.74 Å². The number of allylic oxidation sites excluding steroid dienone is 4. The standard InChI is InChI=1S/C25H27F3N4O/c1-33-18-6-8-22-19(13-18)20(14-29)23(32(22)17-3-2-4-17)21-7-5-16(15-30-21)9-12-31-24(10-11-24)25(26,27)28/h5-8,13,15,17,22,30-31H,2-4,9-12H2,1H3. The summed E-state index contributed by atoms with van der Waals surface area (Å²) >= 11 is 0. The van der Waals surface area contributed by atoms with Crippen molar-refractivity contribution in [2.24, 2.45) is 0 Å². The van der Waals surface area contributed by atoms with Gasteiger partial charge in [0.05, 0.1) is 30.1 Å². The van der Waals surface area contributed by atoms with Gasteiger partial charge in [-0.2, -0.15) is 18.4 Å². The third kappa shape index (κ3) is 3.78. The molecule has 8 heteroatoms.